The summed E-state index contributed by atoms with van der Waals surface area (Å²) in [5.41, 5.74) is 0.697. The molecule has 0 aliphatic rings. The number of methoxy groups -OCH3 is 1. The van der Waals surface area contributed by atoms with Crippen molar-refractivity contribution in [2.24, 2.45) is 0 Å². The van der Waals surface area contributed by atoms with Crippen molar-refractivity contribution in [1.29, 1.82) is 0 Å². The maximum absolute atomic E-state index is 12.3. The van der Waals surface area contributed by atoms with Gasteiger partial charge in [-0.15, -0.1) is 0 Å². The summed E-state index contributed by atoms with van der Waals surface area (Å²) in [5, 5.41) is 3.29. The summed E-state index contributed by atoms with van der Waals surface area (Å²) in [6.45, 7) is -0.407. The molecule has 6 nitrogen and oxygen atoms in total. The maximum atomic E-state index is 12.3. The molecule has 0 spiro atoms. The highest BCUT2D eigenvalue weighted by molar-refractivity contribution is 7.92. The van der Waals surface area contributed by atoms with Crippen molar-refractivity contribution in [3.63, 3.8) is 0 Å². The topological polar surface area (TPSA) is 75.7 Å². The van der Waals surface area contributed by atoms with Gasteiger partial charge in [-0.05, 0) is 30.3 Å². The van der Waals surface area contributed by atoms with Crippen molar-refractivity contribution in [3.8, 4) is 5.75 Å². The van der Waals surface area contributed by atoms with E-state index in [2.05, 4.69) is 5.32 Å². The van der Waals surface area contributed by atoms with Gasteiger partial charge in [-0.25, -0.2) is 8.42 Å². The van der Waals surface area contributed by atoms with E-state index in [1.807, 2.05) is 0 Å². The summed E-state index contributed by atoms with van der Waals surface area (Å²) < 4.78 is 30.3. The predicted octanol–water partition coefficient (Wildman–Crippen LogP) is 3.41. The first-order valence-corrected chi connectivity index (χ1v) is 9.67. The Kier molecular flexibility index (Phi) is 6.16. The minimum absolute atomic E-state index is 0.320. The Bertz CT molecular complexity index is 867. The highest BCUT2D eigenvalue weighted by atomic mass is 35.5. The molecule has 0 aliphatic heterocycles. The number of carbonyl (C=O) groups is 1. The number of sulfonamides is 1. The van der Waals surface area contributed by atoms with Crippen molar-refractivity contribution < 1.29 is 17.9 Å². The largest absolute Gasteiger partial charge is 0.497 e. The number of carbonyl (C=O) groups excluding carboxylic acids is 1. The number of nitrogens with zero attached hydrogens (tertiary/aromatic N) is 1. The fourth-order valence-electron chi connectivity index (χ4n) is 2.12. The Morgan fingerprint density at radius 3 is 2.36 bits per heavy atom. The molecule has 0 aromatic heterocycles. The number of benzene rings is 2. The van der Waals surface area contributed by atoms with Gasteiger partial charge in [0, 0.05) is 21.8 Å². The Labute approximate surface area is 156 Å². The summed E-state index contributed by atoms with van der Waals surface area (Å²) in [6, 6.07) is 11.0. The monoisotopic (exact) mass is 402 g/mol. The van der Waals surface area contributed by atoms with E-state index in [0.29, 0.717) is 27.2 Å². The third-order valence-corrected chi connectivity index (χ3v) is 4.75. The van der Waals surface area contributed by atoms with Crippen molar-refractivity contribution >= 4 is 50.5 Å². The molecule has 0 aliphatic carbocycles. The molecule has 0 unspecified atom stereocenters. The van der Waals surface area contributed by atoms with Gasteiger partial charge in [0.15, 0.2) is 0 Å². The van der Waals surface area contributed by atoms with E-state index in [9.17, 15) is 13.2 Å². The van der Waals surface area contributed by atoms with Crippen LogP contribution in [0.4, 0.5) is 11.4 Å². The van der Waals surface area contributed by atoms with Crippen LogP contribution in [0.3, 0.4) is 0 Å². The molecule has 1 amide bonds. The molecule has 2 aromatic rings. The second kappa shape index (κ2) is 7.95. The normalized spacial score (nSPS) is 11.0. The van der Waals surface area contributed by atoms with Crippen LogP contribution in [0.15, 0.2) is 42.5 Å². The molecule has 0 heterocycles. The SMILES string of the molecule is COc1cccc(N(CC(=O)Nc2cc(Cl)cc(Cl)c2)S(C)(=O)=O)c1. The standard InChI is InChI=1S/C16H16Cl2N2O4S/c1-24-15-5-3-4-14(9-15)20(25(2,22)23)10-16(21)19-13-7-11(17)6-12(18)8-13/h3-9H,10H2,1-2H3,(H,19,21). The molecule has 0 radical (unpaired) electrons. The molecule has 25 heavy (non-hydrogen) atoms. The van der Waals surface area contributed by atoms with Crippen molar-refractivity contribution in [3.05, 3.63) is 52.5 Å². The molecule has 9 heteroatoms. The summed E-state index contributed by atoms with van der Waals surface area (Å²) in [4.78, 5) is 12.3. The molecular formula is C16H16Cl2N2O4S. The van der Waals surface area contributed by atoms with Gasteiger partial charge in [-0.2, -0.15) is 0 Å². The van der Waals surface area contributed by atoms with Crippen molar-refractivity contribution in [2.45, 2.75) is 0 Å². The zero-order valence-electron chi connectivity index (χ0n) is 13.5. The zero-order valence-corrected chi connectivity index (χ0v) is 15.8. The number of rotatable bonds is 6. The van der Waals surface area contributed by atoms with Crippen LogP contribution in [-0.2, 0) is 14.8 Å². The van der Waals surface area contributed by atoms with Gasteiger partial charge in [0.25, 0.3) is 0 Å². The van der Waals surface area contributed by atoms with Crippen LogP contribution >= 0.6 is 23.2 Å². The number of anilines is 2. The van der Waals surface area contributed by atoms with Gasteiger partial charge in [0.1, 0.15) is 12.3 Å². The smallest absolute Gasteiger partial charge is 0.245 e. The molecule has 0 fully saturated rings. The van der Waals surface area contributed by atoms with Crippen LogP contribution < -0.4 is 14.4 Å². The average molecular weight is 403 g/mol. The lowest BCUT2D eigenvalue weighted by molar-refractivity contribution is -0.114. The Hall–Kier alpha value is -1.96. The number of ether oxygens (including phenoxy) is 1. The molecule has 2 rings (SSSR count). The molecule has 2 aromatic carbocycles. The first kappa shape index (κ1) is 19.4. The van der Waals surface area contributed by atoms with Crippen LogP contribution in [0, 0.1) is 0 Å². The molecular weight excluding hydrogens is 387 g/mol. The molecule has 0 saturated carbocycles. The third kappa shape index (κ3) is 5.52. The van der Waals surface area contributed by atoms with Gasteiger partial charge < -0.3 is 10.1 Å². The fraction of sp³-hybridized carbons (Fsp3) is 0.188. The fourth-order valence-corrected chi connectivity index (χ4v) is 3.50. The summed E-state index contributed by atoms with van der Waals surface area (Å²) >= 11 is 11.8. The van der Waals surface area contributed by atoms with E-state index in [4.69, 9.17) is 27.9 Å². The molecule has 0 atom stereocenters. The van der Waals surface area contributed by atoms with Crippen LogP contribution in [-0.4, -0.2) is 34.2 Å². The quantitative estimate of drug-likeness (QED) is 0.802. The van der Waals surface area contributed by atoms with E-state index in [-0.39, 0.29) is 0 Å². The minimum atomic E-state index is -3.68. The van der Waals surface area contributed by atoms with Crippen LogP contribution in [0.25, 0.3) is 0 Å². The summed E-state index contributed by atoms with van der Waals surface area (Å²) in [6.07, 6.45) is 1.02. The van der Waals surface area contributed by atoms with Crippen LogP contribution in [0.1, 0.15) is 0 Å². The first-order chi connectivity index (χ1) is 11.7. The number of hydrogen-bond acceptors (Lipinski definition) is 4. The lowest BCUT2D eigenvalue weighted by Gasteiger charge is -2.22. The second-order valence-corrected chi connectivity index (χ2v) is 7.96. The van der Waals surface area contributed by atoms with Crippen molar-refractivity contribution in [2.75, 3.05) is 29.5 Å². The van der Waals surface area contributed by atoms with E-state index in [0.717, 1.165) is 10.6 Å². The lowest BCUT2D eigenvalue weighted by Crippen LogP contribution is -2.37. The van der Waals surface area contributed by atoms with E-state index in [1.54, 1.807) is 18.2 Å². The summed E-state index contributed by atoms with van der Waals surface area (Å²) in [5.74, 6) is -0.0558. The van der Waals surface area contributed by atoms with E-state index >= 15 is 0 Å². The highest BCUT2D eigenvalue weighted by Gasteiger charge is 2.21. The molecule has 1 N–H and O–H groups in total. The second-order valence-electron chi connectivity index (χ2n) is 5.18. The van der Waals surface area contributed by atoms with Gasteiger partial charge in [-0.1, -0.05) is 29.3 Å². The summed E-state index contributed by atoms with van der Waals surface area (Å²) in [7, 11) is -2.21. The number of halogens is 2. The molecule has 134 valence electrons. The molecule has 0 saturated heterocycles. The van der Waals surface area contributed by atoms with Gasteiger partial charge >= 0.3 is 0 Å². The van der Waals surface area contributed by atoms with Gasteiger partial charge in [-0.3, -0.25) is 9.10 Å². The van der Waals surface area contributed by atoms with E-state index < -0.39 is 22.5 Å². The van der Waals surface area contributed by atoms with Crippen LogP contribution in [0.5, 0.6) is 5.75 Å². The maximum Gasteiger partial charge on any atom is 0.245 e. The predicted molar refractivity (Wildman–Crippen MR) is 100 cm³/mol. The Morgan fingerprint density at radius 2 is 1.80 bits per heavy atom. The zero-order chi connectivity index (χ0) is 18.6. The number of hydrogen-bond donors (Lipinski definition) is 1. The Balaban J connectivity index is 2.23. The minimum Gasteiger partial charge on any atom is -0.497 e. The molecule has 0 bridgehead atoms. The number of nitrogens with one attached hydrogen (secondary N) is 1. The van der Waals surface area contributed by atoms with Crippen LogP contribution in [0.2, 0.25) is 10.0 Å². The average Bonchev–Trinajstić information content (AvgIpc) is 2.50. The lowest BCUT2D eigenvalue weighted by atomic mass is 10.3. The highest BCUT2D eigenvalue weighted by Crippen LogP contribution is 2.24. The first-order valence-electron chi connectivity index (χ1n) is 7.07. The van der Waals surface area contributed by atoms with Gasteiger partial charge in [0.2, 0.25) is 15.9 Å². The Morgan fingerprint density at radius 1 is 1.16 bits per heavy atom. The van der Waals surface area contributed by atoms with Crippen molar-refractivity contribution in [1.82, 2.24) is 0 Å². The third-order valence-electron chi connectivity index (χ3n) is 3.18. The van der Waals surface area contributed by atoms with Gasteiger partial charge in [0.05, 0.1) is 19.1 Å². The number of amides is 1. The van der Waals surface area contributed by atoms with E-state index in [1.165, 1.54) is 31.4 Å².